The van der Waals surface area contributed by atoms with E-state index in [1.807, 2.05) is 19.9 Å². The number of aromatic amines is 1. The zero-order valence-electron chi connectivity index (χ0n) is 13.2. The molecule has 0 atom stereocenters. The van der Waals surface area contributed by atoms with Crippen molar-refractivity contribution in [1.82, 2.24) is 14.9 Å². The molecule has 0 unspecified atom stereocenters. The van der Waals surface area contributed by atoms with Crippen molar-refractivity contribution in [2.45, 2.75) is 20.4 Å². The number of hydrogen-bond donors (Lipinski definition) is 1. The van der Waals surface area contributed by atoms with Crippen LogP contribution in [0.5, 0.6) is 0 Å². The second-order valence-corrected chi connectivity index (χ2v) is 5.83. The Morgan fingerprint density at radius 1 is 1.09 bits per heavy atom. The summed E-state index contributed by atoms with van der Waals surface area (Å²) in [5, 5.41) is 0. The van der Waals surface area contributed by atoms with Crippen LogP contribution < -0.4 is 10.5 Å². The maximum absolute atomic E-state index is 12.2. The van der Waals surface area contributed by atoms with Gasteiger partial charge >= 0.3 is 0 Å². The number of nitrogens with zero attached hydrogens (tertiary/aromatic N) is 3. The number of nitrogens with one attached hydrogen (secondary N) is 1. The number of rotatable bonds is 3. The minimum Gasteiger partial charge on any atom is -0.363 e. The van der Waals surface area contributed by atoms with Crippen LogP contribution in [0.2, 0.25) is 0 Å². The van der Waals surface area contributed by atoms with Crippen molar-refractivity contribution in [3.05, 3.63) is 57.8 Å². The third kappa shape index (κ3) is 3.20. The molecular formula is C17H22N4O. The first-order valence-electron chi connectivity index (χ1n) is 7.72. The lowest BCUT2D eigenvalue weighted by Crippen LogP contribution is -2.47. The predicted molar refractivity (Wildman–Crippen MR) is 88.3 cm³/mol. The maximum atomic E-state index is 12.2. The number of benzene rings is 1. The molecule has 1 fully saturated rings. The summed E-state index contributed by atoms with van der Waals surface area (Å²) in [4.78, 5) is 24.0. The minimum atomic E-state index is -0.0264. The number of anilines is 1. The topological polar surface area (TPSA) is 52.2 Å². The quantitative estimate of drug-likeness (QED) is 0.937. The third-order valence-electron chi connectivity index (χ3n) is 4.13. The third-order valence-corrected chi connectivity index (χ3v) is 4.13. The van der Waals surface area contributed by atoms with Crippen LogP contribution in [0.25, 0.3) is 0 Å². The zero-order chi connectivity index (χ0) is 15.5. The first-order chi connectivity index (χ1) is 10.6. The first kappa shape index (κ1) is 14.8. The molecule has 1 aliphatic rings. The lowest BCUT2D eigenvalue weighted by Gasteiger charge is -2.36. The van der Waals surface area contributed by atoms with Crippen molar-refractivity contribution < 1.29 is 0 Å². The smallest absolute Gasteiger partial charge is 0.274 e. The Kier molecular flexibility index (Phi) is 4.24. The number of aryl methyl sites for hydroxylation is 2. The molecule has 116 valence electrons. The van der Waals surface area contributed by atoms with Gasteiger partial charge in [0.2, 0.25) is 0 Å². The highest BCUT2D eigenvalue weighted by molar-refractivity contribution is 5.48. The van der Waals surface area contributed by atoms with Gasteiger partial charge in [-0.15, -0.1) is 0 Å². The molecule has 0 spiro atoms. The van der Waals surface area contributed by atoms with E-state index in [4.69, 9.17) is 0 Å². The van der Waals surface area contributed by atoms with Gasteiger partial charge in [0, 0.05) is 32.7 Å². The first-order valence-corrected chi connectivity index (χ1v) is 7.72. The molecular weight excluding hydrogens is 276 g/mol. The zero-order valence-corrected chi connectivity index (χ0v) is 13.2. The van der Waals surface area contributed by atoms with Crippen molar-refractivity contribution >= 4 is 5.69 Å². The van der Waals surface area contributed by atoms with Crippen LogP contribution in [0.15, 0.2) is 35.1 Å². The summed E-state index contributed by atoms with van der Waals surface area (Å²) in [6, 6.07) is 10.5. The lowest BCUT2D eigenvalue weighted by molar-refractivity contribution is 0.249. The van der Waals surface area contributed by atoms with E-state index in [1.165, 1.54) is 5.56 Å². The molecule has 1 N–H and O–H groups in total. The van der Waals surface area contributed by atoms with E-state index in [1.54, 1.807) is 0 Å². The standard InChI is InChI=1S/C17H22N4O/c1-13-16(17(22)19-14(2)18-13)21-10-8-20(9-11-21)12-15-6-4-3-5-7-15/h3-7H,8-12H2,1-2H3,(H,18,19,22). The van der Waals surface area contributed by atoms with E-state index < -0.39 is 0 Å². The molecule has 22 heavy (non-hydrogen) atoms. The summed E-state index contributed by atoms with van der Waals surface area (Å²) in [5.74, 6) is 0.675. The molecule has 1 aromatic carbocycles. The molecule has 1 aromatic heterocycles. The monoisotopic (exact) mass is 298 g/mol. The number of aromatic nitrogens is 2. The fraction of sp³-hybridized carbons (Fsp3) is 0.412. The van der Waals surface area contributed by atoms with Crippen molar-refractivity contribution in [3.63, 3.8) is 0 Å². The average molecular weight is 298 g/mol. The van der Waals surface area contributed by atoms with Crippen molar-refractivity contribution in [2.75, 3.05) is 31.1 Å². The van der Waals surface area contributed by atoms with Gasteiger partial charge in [0.25, 0.3) is 5.56 Å². The van der Waals surface area contributed by atoms with Gasteiger partial charge in [0.15, 0.2) is 0 Å². The lowest BCUT2D eigenvalue weighted by atomic mass is 10.2. The fourth-order valence-corrected chi connectivity index (χ4v) is 3.06. The van der Waals surface area contributed by atoms with E-state index in [0.29, 0.717) is 5.82 Å². The van der Waals surface area contributed by atoms with Crippen LogP contribution in [0, 0.1) is 13.8 Å². The Bertz CT molecular complexity index is 688. The Hall–Kier alpha value is -2.14. The molecule has 0 radical (unpaired) electrons. The molecule has 0 saturated carbocycles. The fourth-order valence-electron chi connectivity index (χ4n) is 3.06. The normalized spacial score (nSPS) is 16.0. The SMILES string of the molecule is Cc1nc(C)c(N2CCN(Cc3ccccc3)CC2)c(=O)[nH]1. The van der Waals surface area contributed by atoms with Crippen LogP contribution in [-0.2, 0) is 6.54 Å². The van der Waals surface area contributed by atoms with E-state index >= 15 is 0 Å². The maximum Gasteiger partial charge on any atom is 0.274 e. The number of H-pyrrole nitrogens is 1. The Morgan fingerprint density at radius 2 is 1.77 bits per heavy atom. The average Bonchev–Trinajstić information content (AvgIpc) is 2.49. The highest BCUT2D eigenvalue weighted by atomic mass is 16.1. The molecule has 0 amide bonds. The van der Waals surface area contributed by atoms with Crippen molar-refractivity contribution in [1.29, 1.82) is 0 Å². The summed E-state index contributed by atoms with van der Waals surface area (Å²) in [5.41, 5.74) is 2.85. The predicted octanol–water partition coefficient (Wildman–Crippen LogP) is 1.71. The summed E-state index contributed by atoms with van der Waals surface area (Å²) in [7, 11) is 0. The highest BCUT2D eigenvalue weighted by Gasteiger charge is 2.21. The molecule has 5 nitrogen and oxygen atoms in total. The van der Waals surface area contributed by atoms with Gasteiger partial charge in [0.05, 0.1) is 5.69 Å². The van der Waals surface area contributed by atoms with E-state index in [0.717, 1.165) is 44.1 Å². The van der Waals surface area contributed by atoms with Gasteiger partial charge in [-0.3, -0.25) is 9.69 Å². The summed E-state index contributed by atoms with van der Waals surface area (Å²) in [6.45, 7) is 8.34. The highest BCUT2D eigenvalue weighted by Crippen LogP contribution is 2.16. The summed E-state index contributed by atoms with van der Waals surface area (Å²) >= 11 is 0. The van der Waals surface area contributed by atoms with Gasteiger partial charge in [-0.25, -0.2) is 4.98 Å². The van der Waals surface area contributed by atoms with Gasteiger partial charge in [-0.2, -0.15) is 0 Å². The van der Waals surface area contributed by atoms with E-state index in [2.05, 4.69) is 44.0 Å². The van der Waals surface area contributed by atoms with Crippen molar-refractivity contribution in [2.24, 2.45) is 0 Å². The Balaban J connectivity index is 1.66. The van der Waals surface area contributed by atoms with Gasteiger partial charge in [-0.1, -0.05) is 30.3 Å². The Labute approximate surface area is 130 Å². The molecule has 1 saturated heterocycles. The number of hydrogen-bond acceptors (Lipinski definition) is 4. The van der Waals surface area contributed by atoms with Crippen LogP contribution in [0.3, 0.4) is 0 Å². The van der Waals surface area contributed by atoms with Gasteiger partial charge in [0.1, 0.15) is 11.5 Å². The summed E-state index contributed by atoms with van der Waals surface area (Å²) in [6.07, 6.45) is 0. The molecule has 3 rings (SSSR count). The second kappa shape index (κ2) is 6.32. The van der Waals surface area contributed by atoms with Gasteiger partial charge < -0.3 is 9.88 Å². The van der Waals surface area contributed by atoms with Crippen LogP contribution >= 0.6 is 0 Å². The molecule has 0 aliphatic carbocycles. The largest absolute Gasteiger partial charge is 0.363 e. The second-order valence-electron chi connectivity index (χ2n) is 5.83. The summed E-state index contributed by atoms with van der Waals surface area (Å²) < 4.78 is 0. The molecule has 2 aromatic rings. The van der Waals surface area contributed by atoms with Crippen LogP contribution in [-0.4, -0.2) is 41.0 Å². The van der Waals surface area contributed by atoms with Crippen LogP contribution in [0.1, 0.15) is 17.1 Å². The van der Waals surface area contributed by atoms with Gasteiger partial charge in [-0.05, 0) is 19.4 Å². The van der Waals surface area contributed by atoms with Crippen molar-refractivity contribution in [3.8, 4) is 0 Å². The molecule has 0 bridgehead atoms. The minimum absolute atomic E-state index is 0.0264. The molecule has 2 heterocycles. The molecule has 1 aliphatic heterocycles. The van der Waals surface area contributed by atoms with Crippen LogP contribution in [0.4, 0.5) is 5.69 Å². The number of piperazine rings is 1. The van der Waals surface area contributed by atoms with E-state index in [9.17, 15) is 4.79 Å². The molecule has 5 heteroatoms. The Morgan fingerprint density at radius 3 is 2.41 bits per heavy atom. The van der Waals surface area contributed by atoms with E-state index in [-0.39, 0.29) is 5.56 Å².